The first-order valence-electron chi connectivity index (χ1n) is 9.28. The third-order valence-electron chi connectivity index (χ3n) is 4.09. The lowest BCUT2D eigenvalue weighted by molar-refractivity contribution is 0.0994. The normalized spacial score (nSPS) is 10.4. The van der Waals surface area contributed by atoms with Crippen LogP contribution in [0.2, 0.25) is 5.02 Å². The quantitative estimate of drug-likeness (QED) is 0.512. The predicted octanol–water partition coefficient (Wildman–Crippen LogP) is 5.24. The van der Waals surface area contributed by atoms with Crippen LogP contribution in [-0.2, 0) is 0 Å². The second-order valence-electron chi connectivity index (χ2n) is 6.30. The largest absolute Gasteiger partial charge is 0.493 e. The van der Waals surface area contributed by atoms with Gasteiger partial charge in [-0.3, -0.25) is 9.59 Å². The molecular formula is C22H21ClN2O5. The molecule has 1 heterocycles. The zero-order valence-corrected chi connectivity index (χ0v) is 17.3. The maximum Gasteiger partial charge on any atom is 0.291 e. The van der Waals surface area contributed by atoms with Gasteiger partial charge in [0.2, 0.25) is 0 Å². The van der Waals surface area contributed by atoms with Crippen molar-refractivity contribution in [1.82, 2.24) is 0 Å². The van der Waals surface area contributed by atoms with E-state index in [2.05, 4.69) is 10.6 Å². The van der Waals surface area contributed by atoms with Crippen LogP contribution in [0.1, 0.15) is 34.3 Å². The van der Waals surface area contributed by atoms with Crippen LogP contribution >= 0.6 is 11.6 Å². The number of hydrogen-bond acceptors (Lipinski definition) is 5. The highest BCUT2D eigenvalue weighted by molar-refractivity contribution is 6.32. The molecule has 3 rings (SSSR count). The third-order valence-corrected chi connectivity index (χ3v) is 4.37. The predicted molar refractivity (Wildman–Crippen MR) is 115 cm³/mol. The third kappa shape index (κ3) is 5.12. The van der Waals surface area contributed by atoms with E-state index < -0.39 is 0 Å². The van der Waals surface area contributed by atoms with Crippen LogP contribution in [0.3, 0.4) is 0 Å². The molecule has 156 valence electrons. The molecule has 0 saturated carbocycles. The summed E-state index contributed by atoms with van der Waals surface area (Å²) in [6, 6.07) is 13.0. The second kappa shape index (κ2) is 9.84. The number of nitrogens with one attached hydrogen (secondary N) is 2. The number of ether oxygens (including phenoxy) is 2. The lowest BCUT2D eigenvalue weighted by Crippen LogP contribution is -2.13. The zero-order chi connectivity index (χ0) is 21.5. The minimum absolute atomic E-state index is 0.213. The van der Waals surface area contributed by atoms with Crippen LogP contribution in [0.25, 0.3) is 0 Å². The molecule has 0 aliphatic rings. The number of amides is 2. The molecule has 2 aromatic carbocycles. The Morgan fingerprint density at radius 3 is 2.27 bits per heavy atom. The summed E-state index contributed by atoms with van der Waals surface area (Å²) in [6.07, 6.45) is 2.25. The van der Waals surface area contributed by atoms with Crippen LogP contribution in [-0.4, -0.2) is 25.5 Å². The molecule has 0 atom stereocenters. The van der Waals surface area contributed by atoms with Gasteiger partial charge < -0.3 is 24.5 Å². The maximum absolute atomic E-state index is 12.6. The van der Waals surface area contributed by atoms with Gasteiger partial charge in [-0.15, -0.1) is 0 Å². The molecule has 2 amide bonds. The fourth-order valence-electron chi connectivity index (χ4n) is 2.64. The highest BCUT2D eigenvalue weighted by Gasteiger charge is 2.16. The summed E-state index contributed by atoms with van der Waals surface area (Å²) in [5, 5.41) is 5.79. The van der Waals surface area contributed by atoms with E-state index in [-0.39, 0.29) is 17.6 Å². The number of rotatable bonds is 8. The van der Waals surface area contributed by atoms with Gasteiger partial charge in [-0.2, -0.15) is 0 Å². The van der Waals surface area contributed by atoms with E-state index >= 15 is 0 Å². The van der Waals surface area contributed by atoms with E-state index in [4.69, 9.17) is 25.5 Å². The Morgan fingerprint density at radius 2 is 1.70 bits per heavy atom. The smallest absolute Gasteiger partial charge is 0.291 e. The fourth-order valence-corrected chi connectivity index (χ4v) is 2.90. The topological polar surface area (TPSA) is 89.8 Å². The molecule has 1 aromatic heterocycles. The highest BCUT2D eigenvalue weighted by Crippen LogP contribution is 2.36. The zero-order valence-electron chi connectivity index (χ0n) is 16.5. The Kier molecular flexibility index (Phi) is 6.98. The minimum atomic E-state index is -0.357. The van der Waals surface area contributed by atoms with Crippen LogP contribution in [0.4, 0.5) is 11.4 Å². The Morgan fingerprint density at radius 1 is 1.03 bits per heavy atom. The molecule has 7 nitrogen and oxygen atoms in total. The number of methoxy groups -OCH3 is 1. The first-order chi connectivity index (χ1) is 14.5. The Balaban J connectivity index is 1.68. The van der Waals surface area contributed by atoms with E-state index in [1.54, 1.807) is 42.5 Å². The first kappa shape index (κ1) is 21.3. The van der Waals surface area contributed by atoms with Crippen LogP contribution in [0.5, 0.6) is 11.5 Å². The van der Waals surface area contributed by atoms with Crippen molar-refractivity contribution in [3.8, 4) is 11.5 Å². The summed E-state index contributed by atoms with van der Waals surface area (Å²) in [4.78, 5) is 24.6. The van der Waals surface area contributed by atoms with Crippen LogP contribution in [0, 0.1) is 0 Å². The average molecular weight is 429 g/mol. The monoisotopic (exact) mass is 428 g/mol. The molecule has 0 aliphatic carbocycles. The number of benzene rings is 2. The van der Waals surface area contributed by atoms with Gasteiger partial charge in [0.25, 0.3) is 11.8 Å². The fraction of sp³-hybridized carbons (Fsp3) is 0.182. The molecule has 8 heteroatoms. The van der Waals surface area contributed by atoms with Gasteiger partial charge in [0.05, 0.1) is 25.0 Å². The molecule has 0 spiro atoms. The van der Waals surface area contributed by atoms with E-state index in [0.717, 1.165) is 6.42 Å². The molecule has 0 radical (unpaired) electrons. The van der Waals surface area contributed by atoms with E-state index in [1.165, 1.54) is 19.4 Å². The number of furan rings is 1. The first-order valence-corrected chi connectivity index (χ1v) is 9.66. The van der Waals surface area contributed by atoms with E-state index in [9.17, 15) is 9.59 Å². The molecule has 30 heavy (non-hydrogen) atoms. The van der Waals surface area contributed by atoms with Gasteiger partial charge >= 0.3 is 0 Å². The number of carbonyl (C=O) groups is 2. The summed E-state index contributed by atoms with van der Waals surface area (Å²) in [5.41, 5.74) is 1.45. The van der Waals surface area contributed by atoms with Gasteiger partial charge in [-0.05, 0) is 55.0 Å². The Hall–Kier alpha value is -3.45. The van der Waals surface area contributed by atoms with Gasteiger partial charge in [-0.1, -0.05) is 18.5 Å². The van der Waals surface area contributed by atoms with Crippen molar-refractivity contribution in [2.45, 2.75) is 13.3 Å². The molecular weight excluding hydrogens is 408 g/mol. The molecule has 0 bridgehead atoms. The van der Waals surface area contributed by atoms with Crippen LogP contribution < -0.4 is 20.1 Å². The second-order valence-corrected chi connectivity index (χ2v) is 6.71. The summed E-state index contributed by atoms with van der Waals surface area (Å²) >= 11 is 6.27. The number of halogens is 1. The Bertz CT molecular complexity index is 1020. The Labute approximate surface area is 178 Å². The summed E-state index contributed by atoms with van der Waals surface area (Å²) < 4.78 is 16.0. The number of carbonyl (C=O) groups excluding carboxylic acids is 2. The van der Waals surface area contributed by atoms with E-state index in [0.29, 0.717) is 40.1 Å². The SMILES string of the molecule is CCCOc1c(Cl)cc(C(=O)Nc2ccc(NC(=O)c3ccco3)cc2)cc1OC. The van der Waals surface area contributed by atoms with Crippen molar-refractivity contribution < 1.29 is 23.5 Å². The van der Waals surface area contributed by atoms with Gasteiger partial charge in [-0.25, -0.2) is 0 Å². The molecule has 0 saturated heterocycles. The standard InChI is InChI=1S/C22H21ClN2O5/c1-3-10-30-20-17(23)12-14(13-19(20)28-2)21(26)24-15-6-8-16(9-7-15)25-22(27)18-5-4-11-29-18/h4-9,11-13H,3,10H2,1-2H3,(H,24,26)(H,25,27). The van der Waals surface area contributed by atoms with Crippen molar-refractivity contribution in [1.29, 1.82) is 0 Å². The molecule has 0 unspecified atom stereocenters. The number of hydrogen-bond donors (Lipinski definition) is 2. The highest BCUT2D eigenvalue weighted by atomic mass is 35.5. The molecule has 2 N–H and O–H groups in total. The van der Waals surface area contributed by atoms with Crippen molar-refractivity contribution >= 4 is 34.8 Å². The summed E-state index contributed by atoms with van der Waals surface area (Å²) in [6.45, 7) is 2.47. The summed E-state index contributed by atoms with van der Waals surface area (Å²) in [7, 11) is 1.49. The maximum atomic E-state index is 12.6. The van der Waals surface area contributed by atoms with Gasteiger partial charge in [0.15, 0.2) is 17.3 Å². The van der Waals surface area contributed by atoms with Crippen molar-refractivity contribution in [3.05, 3.63) is 71.1 Å². The average Bonchev–Trinajstić information content (AvgIpc) is 3.29. The minimum Gasteiger partial charge on any atom is -0.493 e. The van der Waals surface area contributed by atoms with Crippen molar-refractivity contribution in [3.63, 3.8) is 0 Å². The summed E-state index contributed by atoms with van der Waals surface area (Å²) in [5.74, 6) is 0.296. The van der Waals surface area contributed by atoms with Crippen molar-refractivity contribution in [2.75, 3.05) is 24.4 Å². The molecule has 3 aromatic rings. The van der Waals surface area contributed by atoms with Crippen molar-refractivity contribution in [2.24, 2.45) is 0 Å². The van der Waals surface area contributed by atoms with Gasteiger partial charge in [0, 0.05) is 16.9 Å². The lowest BCUT2D eigenvalue weighted by Gasteiger charge is -2.14. The van der Waals surface area contributed by atoms with Gasteiger partial charge in [0.1, 0.15) is 0 Å². The van der Waals surface area contributed by atoms with E-state index in [1.807, 2.05) is 6.92 Å². The molecule has 0 aliphatic heterocycles. The molecule has 0 fully saturated rings. The lowest BCUT2D eigenvalue weighted by atomic mass is 10.1. The van der Waals surface area contributed by atoms with Crippen LogP contribution in [0.15, 0.2) is 59.2 Å². The number of anilines is 2.